The molecule has 1 aromatic carbocycles. The van der Waals surface area contributed by atoms with E-state index in [-0.39, 0.29) is 6.10 Å². The third-order valence-corrected chi connectivity index (χ3v) is 7.23. The zero-order valence-electron chi connectivity index (χ0n) is 20.9. The second-order valence-corrected chi connectivity index (χ2v) is 9.73. The number of pyridine rings is 2. The summed E-state index contributed by atoms with van der Waals surface area (Å²) in [4.78, 5) is 12.1. The van der Waals surface area contributed by atoms with Gasteiger partial charge < -0.3 is 19.7 Å². The highest BCUT2D eigenvalue weighted by Gasteiger charge is 2.29. The number of methoxy groups -OCH3 is 1. The minimum absolute atomic E-state index is 0.185. The molecule has 0 amide bonds. The van der Waals surface area contributed by atoms with E-state index in [2.05, 4.69) is 41.4 Å². The first kappa shape index (κ1) is 22.9. The molecule has 0 unspecified atom stereocenters. The smallest absolute Gasteiger partial charge is 0.217 e. The van der Waals surface area contributed by atoms with E-state index in [0.717, 1.165) is 61.6 Å². The monoisotopic (exact) mass is 484 g/mol. The first-order valence-corrected chi connectivity index (χ1v) is 12.7. The molecule has 4 aromatic rings. The van der Waals surface area contributed by atoms with Crippen LogP contribution < -0.4 is 15.0 Å². The van der Waals surface area contributed by atoms with Gasteiger partial charge in [0.1, 0.15) is 5.82 Å². The predicted molar refractivity (Wildman–Crippen MR) is 140 cm³/mol. The van der Waals surface area contributed by atoms with Crippen molar-refractivity contribution < 1.29 is 9.47 Å². The summed E-state index contributed by atoms with van der Waals surface area (Å²) >= 11 is 0. The number of fused-ring (bicyclic) bond motifs is 1. The van der Waals surface area contributed by atoms with Crippen molar-refractivity contribution in [2.24, 2.45) is 0 Å². The summed E-state index contributed by atoms with van der Waals surface area (Å²) < 4.78 is 13.6. The fourth-order valence-electron chi connectivity index (χ4n) is 5.16. The van der Waals surface area contributed by atoms with E-state index in [9.17, 15) is 0 Å². The van der Waals surface area contributed by atoms with Gasteiger partial charge in [0.2, 0.25) is 5.88 Å². The van der Waals surface area contributed by atoms with E-state index >= 15 is 0 Å². The van der Waals surface area contributed by atoms with Gasteiger partial charge in [-0.1, -0.05) is 30.3 Å². The van der Waals surface area contributed by atoms with Crippen molar-refractivity contribution in [2.45, 2.75) is 38.4 Å². The topological polar surface area (TPSA) is 77.3 Å². The highest BCUT2D eigenvalue weighted by Crippen LogP contribution is 2.31. The van der Waals surface area contributed by atoms with Gasteiger partial charge in [-0.05, 0) is 50.0 Å². The molecule has 0 radical (unpaired) electrons. The number of piperidine rings is 1. The summed E-state index contributed by atoms with van der Waals surface area (Å²) in [7, 11) is 1.65. The van der Waals surface area contributed by atoms with Crippen LogP contribution in [0.2, 0.25) is 0 Å². The minimum Gasteiger partial charge on any atom is -0.481 e. The molecule has 2 saturated heterocycles. The van der Waals surface area contributed by atoms with Gasteiger partial charge in [-0.15, -0.1) is 0 Å². The highest BCUT2D eigenvalue weighted by atomic mass is 16.5. The first-order valence-electron chi connectivity index (χ1n) is 12.7. The highest BCUT2D eigenvalue weighted by molar-refractivity contribution is 5.78. The Morgan fingerprint density at radius 2 is 1.83 bits per heavy atom. The molecule has 3 aromatic heterocycles. The molecule has 0 bridgehead atoms. The lowest BCUT2D eigenvalue weighted by atomic mass is 9.91. The lowest BCUT2D eigenvalue weighted by Gasteiger charge is -2.40. The molecular weight excluding hydrogens is 452 g/mol. The molecule has 2 aliphatic rings. The second-order valence-electron chi connectivity index (χ2n) is 9.73. The molecule has 0 saturated carbocycles. The van der Waals surface area contributed by atoms with Crippen LogP contribution in [0, 0.1) is 6.92 Å². The third kappa shape index (κ3) is 4.54. The Balaban J connectivity index is 1.24. The van der Waals surface area contributed by atoms with Crippen LogP contribution in [0.25, 0.3) is 16.7 Å². The van der Waals surface area contributed by atoms with E-state index in [1.807, 2.05) is 35.1 Å². The summed E-state index contributed by atoms with van der Waals surface area (Å²) in [6, 6.07) is 16.5. The summed E-state index contributed by atoms with van der Waals surface area (Å²) in [5.41, 5.74) is 5.39. The van der Waals surface area contributed by atoms with Crippen molar-refractivity contribution in [1.82, 2.24) is 25.1 Å². The molecule has 0 spiro atoms. The van der Waals surface area contributed by atoms with Gasteiger partial charge >= 0.3 is 0 Å². The summed E-state index contributed by atoms with van der Waals surface area (Å²) in [6.45, 7) is 6.46. The van der Waals surface area contributed by atoms with Crippen LogP contribution in [0.3, 0.4) is 0 Å². The van der Waals surface area contributed by atoms with Crippen molar-refractivity contribution >= 4 is 16.9 Å². The lowest BCUT2D eigenvalue weighted by molar-refractivity contribution is 0.0220. The normalized spacial score (nSPS) is 16.9. The molecule has 6 rings (SSSR count). The molecule has 0 aliphatic carbocycles. The molecular formula is C28H32N6O2. The molecule has 0 atom stereocenters. The Kier molecular flexibility index (Phi) is 6.29. The van der Waals surface area contributed by atoms with Crippen LogP contribution >= 0.6 is 0 Å². The maximum Gasteiger partial charge on any atom is 0.217 e. The van der Waals surface area contributed by atoms with Gasteiger partial charge in [0, 0.05) is 42.2 Å². The molecule has 8 heteroatoms. The van der Waals surface area contributed by atoms with Crippen molar-refractivity contribution in [3.63, 3.8) is 0 Å². The second kappa shape index (κ2) is 9.87. The van der Waals surface area contributed by atoms with Gasteiger partial charge in [0.15, 0.2) is 5.65 Å². The Labute approximate surface area is 211 Å². The van der Waals surface area contributed by atoms with Crippen LogP contribution in [-0.2, 0) is 11.3 Å². The number of hydrogen-bond acceptors (Lipinski definition) is 7. The average molecular weight is 485 g/mol. The fourth-order valence-corrected chi connectivity index (χ4v) is 5.16. The molecule has 8 nitrogen and oxygen atoms in total. The van der Waals surface area contributed by atoms with Crippen LogP contribution in [0.15, 0.2) is 54.7 Å². The van der Waals surface area contributed by atoms with Crippen molar-refractivity contribution in [2.75, 3.05) is 38.2 Å². The number of aromatic nitrogens is 4. The summed E-state index contributed by atoms with van der Waals surface area (Å²) in [6.07, 6.45) is 4.31. The maximum absolute atomic E-state index is 6.08. The van der Waals surface area contributed by atoms with Gasteiger partial charge in [0.25, 0.3) is 0 Å². The molecule has 1 N–H and O–H groups in total. The standard InChI is InChI=1S/C28H32N6O2/c1-19-12-22-15-30-34(28(22)32-27(19)21-8-10-29-11-9-21)23-13-25(31-26(14-23)35-2)33-16-24(17-33)36-18-20-6-4-3-5-7-20/h3-7,12-15,21,24,29H,8-11,16-18H2,1-2H3. The molecule has 2 aliphatic heterocycles. The number of hydrogen-bond donors (Lipinski definition) is 1. The lowest BCUT2D eigenvalue weighted by Crippen LogP contribution is -2.52. The number of aryl methyl sites for hydroxylation is 1. The summed E-state index contributed by atoms with van der Waals surface area (Å²) in [5.74, 6) is 1.90. The number of rotatable bonds is 7. The van der Waals surface area contributed by atoms with E-state index in [0.29, 0.717) is 18.4 Å². The van der Waals surface area contributed by atoms with E-state index < -0.39 is 0 Å². The Bertz CT molecular complexity index is 1340. The van der Waals surface area contributed by atoms with Crippen LogP contribution in [0.4, 0.5) is 5.82 Å². The van der Waals surface area contributed by atoms with Crippen molar-refractivity contribution in [1.29, 1.82) is 0 Å². The minimum atomic E-state index is 0.185. The fraction of sp³-hybridized carbons (Fsp3) is 0.393. The zero-order valence-corrected chi connectivity index (χ0v) is 20.9. The van der Waals surface area contributed by atoms with Crippen LogP contribution in [0.5, 0.6) is 5.88 Å². The van der Waals surface area contributed by atoms with Crippen molar-refractivity contribution in [3.8, 4) is 11.6 Å². The van der Waals surface area contributed by atoms with Gasteiger partial charge in [-0.3, -0.25) is 0 Å². The van der Waals surface area contributed by atoms with Crippen LogP contribution in [0.1, 0.15) is 35.6 Å². The number of anilines is 1. The number of ether oxygens (including phenoxy) is 2. The summed E-state index contributed by atoms with van der Waals surface area (Å²) in [5, 5.41) is 9.20. The number of benzene rings is 1. The van der Waals surface area contributed by atoms with E-state index in [1.54, 1.807) is 7.11 Å². The van der Waals surface area contributed by atoms with Crippen LogP contribution in [-0.4, -0.2) is 59.1 Å². The Morgan fingerprint density at radius 3 is 2.61 bits per heavy atom. The third-order valence-electron chi connectivity index (χ3n) is 7.23. The molecule has 2 fully saturated rings. The Hall–Kier alpha value is -3.49. The predicted octanol–water partition coefficient (Wildman–Crippen LogP) is 4.00. The SMILES string of the molecule is COc1cc(-n2ncc3cc(C)c(C4CCNCC4)nc32)cc(N2CC(OCc3ccccc3)C2)n1. The van der Waals surface area contributed by atoms with Gasteiger partial charge in [-0.25, -0.2) is 9.67 Å². The maximum atomic E-state index is 6.08. The molecule has 186 valence electrons. The van der Waals surface area contributed by atoms with Gasteiger partial charge in [0.05, 0.1) is 31.7 Å². The molecule has 5 heterocycles. The van der Waals surface area contributed by atoms with E-state index in [4.69, 9.17) is 24.5 Å². The largest absolute Gasteiger partial charge is 0.481 e. The number of nitrogens with one attached hydrogen (secondary N) is 1. The average Bonchev–Trinajstić information content (AvgIpc) is 3.31. The first-order chi connectivity index (χ1) is 17.7. The van der Waals surface area contributed by atoms with Gasteiger partial charge in [-0.2, -0.15) is 10.1 Å². The van der Waals surface area contributed by atoms with Crippen molar-refractivity contribution in [3.05, 3.63) is 71.5 Å². The molecule has 36 heavy (non-hydrogen) atoms. The Morgan fingerprint density at radius 1 is 1.03 bits per heavy atom. The quantitative estimate of drug-likeness (QED) is 0.425. The van der Waals surface area contributed by atoms with E-state index in [1.165, 1.54) is 16.8 Å². The zero-order chi connectivity index (χ0) is 24.5. The number of nitrogens with zero attached hydrogens (tertiary/aromatic N) is 5.